The minimum absolute atomic E-state index is 0.00611. The standard InChI is InChI=1S/C12H16O5/c1-15-6-8-9(16-2)5-7-3-4-17-12(14)10(7)11(8)13/h5,12-14H,3-4,6H2,1-2H3/t12-/m1/s1. The van der Waals surface area contributed by atoms with Crippen LogP contribution < -0.4 is 4.74 Å². The van der Waals surface area contributed by atoms with Crippen LogP contribution in [0.25, 0.3) is 0 Å². The number of hydrogen-bond donors (Lipinski definition) is 2. The highest BCUT2D eigenvalue weighted by molar-refractivity contribution is 5.54. The van der Waals surface area contributed by atoms with Gasteiger partial charge in [0.05, 0.1) is 31.5 Å². The number of methoxy groups -OCH3 is 2. The zero-order valence-corrected chi connectivity index (χ0v) is 9.90. The van der Waals surface area contributed by atoms with Crippen LogP contribution in [-0.2, 0) is 22.5 Å². The number of phenolic OH excluding ortho intramolecular Hbond substituents is 1. The Morgan fingerprint density at radius 2 is 2.24 bits per heavy atom. The van der Waals surface area contributed by atoms with Gasteiger partial charge in [-0.15, -0.1) is 0 Å². The summed E-state index contributed by atoms with van der Waals surface area (Å²) < 4.78 is 15.3. The lowest BCUT2D eigenvalue weighted by Crippen LogP contribution is -2.17. The van der Waals surface area contributed by atoms with Gasteiger partial charge in [0.15, 0.2) is 6.29 Å². The molecule has 2 rings (SSSR count). The summed E-state index contributed by atoms with van der Waals surface area (Å²) in [6.45, 7) is 0.648. The van der Waals surface area contributed by atoms with Crippen LogP contribution in [0.2, 0.25) is 0 Å². The van der Waals surface area contributed by atoms with E-state index >= 15 is 0 Å². The first-order valence-electron chi connectivity index (χ1n) is 5.39. The summed E-state index contributed by atoms with van der Waals surface area (Å²) in [6.07, 6.45) is -0.441. The zero-order chi connectivity index (χ0) is 12.4. The highest BCUT2D eigenvalue weighted by atomic mass is 16.6. The highest BCUT2D eigenvalue weighted by Crippen LogP contribution is 2.40. The molecule has 2 N–H and O–H groups in total. The van der Waals surface area contributed by atoms with Crippen LogP contribution in [0.4, 0.5) is 0 Å². The molecule has 1 atom stereocenters. The number of aliphatic hydroxyl groups excluding tert-OH is 1. The molecule has 0 amide bonds. The number of phenols is 1. The Hall–Kier alpha value is -1.30. The van der Waals surface area contributed by atoms with Gasteiger partial charge in [-0.2, -0.15) is 0 Å². The summed E-state index contributed by atoms with van der Waals surface area (Å²) in [6, 6.07) is 1.81. The summed E-state index contributed by atoms with van der Waals surface area (Å²) in [7, 11) is 3.07. The fourth-order valence-electron chi connectivity index (χ4n) is 2.07. The van der Waals surface area contributed by atoms with E-state index in [0.29, 0.717) is 29.9 Å². The van der Waals surface area contributed by atoms with Gasteiger partial charge in [0.25, 0.3) is 0 Å². The van der Waals surface area contributed by atoms with Crippen molar-refractivity contribution < 1.29 is 24.4 Å². The maximum absolute atomic E-state index is 10.1. The van der Waals surface area contributed by atoms with E-state index in [2.05, 4.69) is 0 Å². The molecule has 1 aromatic carbocycles. The van der Waals surface area contributed by atoms with E-state index in [9.17, 15) is 10.2 Å². The first-order chi connectivity index (χ1) is 8.19. The lowest BCUT2D eigenvalue weighted by atomic mass is 9.97. The van der Waals surface area contributed by atoms with Crippen LogP contribution in [0.5, 0.6) is 11.5 Å². The Morgan fingerprint density at radius 1 is 1.47 bits per heavy atom. The zero-order valence-electron chi connectivity index (χ0n) is 9.90. The molecule has 0 fully saturated rings. The molecule has 0 saturated carbocycles. The summed E-state index contributed by atoms with van der Waals surface area (Å²) >= 11 is 0. The number of aromatic hydroxyl groups is 1. The van der Waals surface area contributed by atoms with Crippen LogP contribution in [0.15, 0.2) is 6.07 Å². The van der Waals surface area contributed by atoms with Gasteiger partial charge in [-0.05, 0) is 18.1 Å². The van der Waals surface area contributed by atoms with E-state index < -0.39 is 6.29 Å². The van der Waals surface area contributed by atoms with Crippen molar-refractivity contribution in [3.8, 4) is 11.5 Å². The molecule has 0 unspecified atom stereocenters. The summed E-state index contributed by atoms with van der Waals surface area (Å²) in [5, 5.41) is 19.9. The fourth-order valence-corrected chi connectivity index (χ4v) is 2.07. The van der Waals surface area contributed by atoms with Crippen molar-refractivity contribution in [3.05, 3.63) is 22.8 Å². The molecule has 0 radical (unpaired) electrons. The highest BCUT2D eigenvalue weighted by Gasteiger charge is 2.26. The Kier molecular flexibility index (Phi) is 3.51. The monoisotopic (exact) mass is 240 g/mol. The van der Waals surface area contributed by atoms with Gasteiger partial charge in [0, 0.05) is 7.11 Å². The molecule has 1 aliphatic rings. The van der Waals surface area contributed by atoms with Gasteiger partial charge < -0.3 is 24.4 Å². The second kappa shape index (κ2) is 4.91. The largest absolute Gasteiger partial charge is 0.507 e. The molecule has 94 valence electrons. The first-order valence-corrected chi connectivity index (χ1v) is 5.39. The van der Waals surface area contributed by atoms with Crippen molar-refractivity contribution in [2.45, 2.75) is 19.3 Å². The van der Waals surface area contributed by atoms with Gasteiger partial charge in [0.2, 0.25) is 0 Å². The van der Waals surface area contributed by atoms with Gasteiger partial charge in [-0.25, -0.2) is 0 Å². The minimum atomic E-state index is -1.08. The quantitative estimate of drug-likeness (QED) is 0.828. The number of hydrogen-bond acceptors (Lipinski definition) is 5. The molecule has 1 aliphatic heterocycles. The lowest BCUT2D eigenvalue weighted by Gasteiger charge is -2.25. The molecule has 0 aliphatic carbocycles. The molecule has 0 bridgehead atoms. The molecule has 1 aromatic rings. The Morgan fingerprint density at radius 3 is 2.88 bits per heavy atom. The maximum Gasteiger partial charge on any atom is 0.185 e. The van der Waals surface area contributed by atoms with Crippen LogP contribution in [0, 0.1) is 0 Å². The molecule has 0 aromatic heterocycles. The molecule has 17 heavy (non-hydrogen) atoms. The van der Waals surface area contributed by atoms with Gasteiger partial charge in [0.1, 0.15) is 11.5 Å². The van der Waals surface area contributed by atoms with Gasteiger partial charge in [-0.3, -0.25) is 0 Å². The van der Waals surface area contributed by atoms with Crippen LogP contribution >= 0.6 is 0 Å². The number of rotatable bonds is 3. The van der Waals surface area contributed by atoms with Crippen molar-refractivity contribution >= 4 is 0 Å². The lowest BCUT2D eigenvalue weighted by molar-refractivity contribution is -0.111. The van der Waals surface area contributed by atoms with Crippen LogP contribution in [0.1, 0.15) is 23.0 Å². The van der Waals surface area contributed by atoms with E-state index in [0.717, 1.165) is 5.56 Å². The third kappa shape index (κ3) is 2.09. The van der Waals surface area contributed by atoms with Crippen LogP contribution in [-0.4, -0.2) is 31.0 Å². The number of ether oxygens (including phenoxy) is 3. The summed E-state index contributed by atoms with van der Waals surface area (Å²) in [4.78, 5) is 0. The second-order valence-corrected chi connectivity index (χ2v) is 3.88. The third-order valence-electron chi connectivity index (χ3n) is 2.89. The second-order valence-electron chi connectivity index (χ2n) is 3.88. The number of fused-ring (bicyclic) bond motifs is 1. The SMILES string of the molecule is COCc1c(OC)cc2c(c1O)[C@H](O)OCC2. The normalized spacial score (nSPS) is 18.9. The van der Waals surface area contributed by atoms with Gasteiger partial charge >= 0.3 is 0 Å². The van der Waals surface area contributed by atoms with Crippen molar-refractivity contribution in [1.29, 1.82) is 0 Å². The van der Waals surface area contributed by atoms with Crippen molar-refractivity contribution in [2.24, 2.45) is 0 Å². The maximum atomic E-state index is 10.1. The van der Waals surface area contributed by atoms with Crippen LogP contribution in [0.3, 0.4) is 0 Å². The predicted octanol–water partition coefficient (Wildman–Crippen LogP) is 1.11. The van der Waals surface area contributed by atoms with Crippen molar-refractivity contribution in [1.82, 2.24) is 0 Å². The molecule has 0 spiro atoms. The van der Waals surface area contributed by atoms with E-state index in [4.69, 9.17) is 14.2 Å². The average molecular weight is 240 g/mol. The molecular formula is C12H16O5. The topological polar surface area (TPSA) is 68.2 Å². The minimum Gasteiger partial charge on any atom is -0.507 e. The first kappa shape index (κ1) is 12.2. The van der Waals surface area contributed by atoms with E-state index in [1.807, 2.05) is 6.07 Å². The Bertz CT molecular complexity index is 416. The average Bonchev–Trinajstić information content (AvgIpc) is 2.32. The smallest absolute Gasteiger partial charge is 0.185 e. The number of aliphatic hydroxyl groups is 1. The molecule has 0 saturated heterocycles. The van der Waals surface area contributed by atoms with Crippen molar-refractivity contribution in [2.75, 3.05) is 20.8 Å². The predicted molar refractivity (Wildman–Crippen MR) is 60.0 cm³/mol. The van der Waals surface area contributed by atoms with E-state index in [1.54, 1.807) is 0 Å². The fraction of sp³-hybridized carbons (Fsp3) is 0.500. The number of benzene rings is 1. The van der Waals surface area contributed by atoms with E-state index in [1.165, 1.54) is 14.2 Å². The van der Waals surface area contributed by atoms with E-state index in [-0.39, 0.29) is 12.4 Å². The molecule has 5 heteroatoms. The molecule has 1 heterocycles. The van der Waals surface area contributed by atoms with Gasteiger partial charge in [-0.1, -0.05) is 0 Å². The Balaban J connectivity index is 2.56. The molecular weight excluding hydrogens is 224 g/mol. The van der Waals surface area contributed by atoms with Crippen molar-refractivity contribution in [3.63, 3.8) is 0 Å². The molecule has 5 nitrogen and oxygen atoms in total. The summed E-state index contributed by atoms with van der Waals surface area (Å²) in [5.41, 5.74) is 1.79. The third-order valence-corrected chi connectivity index (χ3v) is 2.89. The Labute approximate surface area is 99.5 Å². The summed E-state index contributed by atoms with van der Waals surface area (Å²) in [5.74, 6) is 0.561.